The Labute approximate surface area is 212 Å². The number of carbonyl (C=O) groups excluding carboxylic acids is 2. The molecule has 0 aliphatic carbocycles. The number of hydrogen-bond donors (Lipinski definition) is 4. The molecular weight excluding hydrogens is 462 g/mol. The number of rotatable bonds is 5. The summed E-state index contributed by atoms with van der Waals surface area (Å²) in [7, 11) is 0. The first-order valence-corrected chi connectivity index (χ1v) is 11.2. The molecule has 0 unspecified atom stereocenters. The molecule has 10 nitrogen and oxygen atoms in total. The predicted octanol–water partition coefficient (Wildman–Crippen LogP) is 4.39. The fourth-order valence-corrected chi connectivity index (χ4v) is 2.53. The van der Waals surface area contributed by atoms with Crippen molar-refractivity contribution in [3.63, 3.8) is 0 Å². The van der Waals surface area contributed by atoms with Gasteiger partial charge >= 0.3 is 12.2 Å². The van der Waals surface area contributed by atoms with Crippen LogP contribution in [0.1, 0.15) is 63.8 Å². The molecule has 2 amide bonds. The third-order valence-electron chi connectivity index (χ3n) is 4.11. The molecule has 0 heterocycles. The van der Waals surface area contributed by atoms with E-state index in [1.54, 1.807) is 69.3 Å². The lowest BCUT2D eigenvalue weighted by Gasteiger charge is -2.19. The van der Waals surface area contributed by atoms with E-state index in [2.05, 4.69) is 15.8 Å². The first-order chi connectivity index (χ1) is 16.7. The van der Waals surface area contributed by atoms with Crippen molar-refractivity contribution >= 4 is 18.0 Å². The summed E-state index contributed by atoms with van der Waals surface area (Å²) in [4.78, 5) is 22.8. The molecule has 0 aliphatic heterocycles. The highest BCUT2D eigenvalue weighted by Crippen LogP contribution is 2.09. The molecule has 2 aromatic rings. The first-order valence-electron chi connectivity index (χ1n) is 11.2. The zero-order valence-corrected chi connectivity index (χ0v) is 21.6. The van der Waals surface area contributed by atoms with Gasteiger partial charge in [0.05, 0.1) is 11.6 Å². The van der Waals surface area contributed by atoms with Gasteiger partial charge in [0.2, 0.25) is 0 Å². The van der Waals surface area contributed by atoms with Crippen LogP contribution in [0.25, 0.3) is 0 Å². The third-order valence-corrected chi connectivity index (χ3v) is 4.11. The van der Waals surface area contributed by atoms with E-state index in [1.807, 2.05) is 26.8 Å². The fraction of sp³-hybridized carbons (Fsp3) is 0.385. The van der Waals surface area contributed by atoms with E-state index in [-0.39, 0.29) is 5.84 Å². The van der Waals surface area contributed by atoms with Crippen LogP contribution in [-0.4, -0.2) is 34.4 Å². The fourth-order valence-electron chi connectivity index (χ4n) is 2.53. The van der Waals surface area contributed by atoms with E-state index in [0.717, 1.165) is 11.1 Å². The standard InChI is InChI=1S/C13H19N3O3.C13H16N2O2/c1-13(2,3)19-12(17)15-8-9-4-6-10(7-5-9)11(14)16-18;1-13(2,3)17-12(16)15-9-11-6-4-10(8-14)5-7-11/h4-7,18H,8H2,1-3H3,(H2,14,16)(H,15,17);4-7H,9H2,1-3H3,(H,15,16). The molecule has 36 heavy (non-hydrogen) atoms. The summed E-state index contributed by atoms with van der Waals surface area (Å²) in [6, 6.07) is 16.1. The first kappa shape index (κ1) is 29.8. The van der Waals surface area contributed by atoms with Crippen molar-refractivity contribution in [1.82, 2.24) is 10.6 Å². The maximum atomic E-state index is 11.4. The molecule has 2 aromatic carbocycles. The van der Waals surface area contributed by atoms with Crippen molar-refractivity contribution in [1.29, 1.82) is 5.26 Å². The van der Waals surface area contributed by atoms with Crippen molar-refractivity contribution in [2.45, 2.75) is 65.8 Å². The number of benzene rings is 2. The molecule has 194 valence electrons. The molecule has 0 bridgehead atoms. The zero-order valence-electron chi connectivity index (χ0n) is 21.6. The minimum Gasteiger partial charge on any atom is -0.444 e. The van der Waals surface area contributed by atoms with Gasteiger partial charge < -0.3 is 31.0 Å². The van der Waals surface area contributed by atoms with Crippen LogP contribution in [0, 0.1) is 11.3 Å². The van der Waals surface area contributed by atoms with Crippen LogP contribution in [0.3, 0.4) is 0 Å². The zero-order chi connectivity index (χ0) is 27.4. The lowest BCUT2D eigenvalue weighted by molar-refractivity contribution is 0.0512. The largest absolute Gasteiger partial charge is 0.444 e. The minimum absolute atomic E-state index is 0.0478. The predicted molar refractivity (Wildman–Crippen MR) is 136 cm³/mol. The van der Waals surface area contributed by atoms with E-state index in [4.69, 9.17) is 25.7 Å². The van der Waals surface area contributed by atoms with Crippen LogP contribution in [-0.2, 0) is 22.6 Å². The Morgan fingerprint density at radius 3 is 1.58 bits per heavy atom. The SMILES string of the molecule is CC(C)(C)OC(=O)NCc1ccc(/C(N)=N/O)cc1.CC(C)(C)OC(=O)NCc1ccc(C#N)cc1. The van der Waals surface area contributed by atoms with Gasteiger partial charge in [-0.2, -0.15) is 5.26 Å². The molecule has 0 radical (unpaired) electrons. The second-order valence-corrected chi connectivity index (χ2v) is 9.70. The number of oxime groups is 1. The quantitative estimate of drug-likeness (QED) is 0.206. The van der Waals surface area contributed by atoms with Gasteiger partial charge in [0, 0.05) is 18.7 Å². The Hall–Kier alpha value is -4.26. The van der Waals surface area contributed by atoms with Crippen LogP contribution in [0.5, 0.6) is 0 Å². The van der Waals surface area contributed by atoms with E-state index in [9.17, 15) is 9.59 Å². The van der Waals surface area contributed by atoms with Gasteiger partial charge in [-0.1, -0.05) is 41.6 Å². The molecule has 2 rings (SSSR count). The number of nitrogens with zero attached hydrogens (tertiary/aromatic N) is 2. The van der Waals surface area contributed by atoms with E-state index in [0.29, 0.717) is 24.2 Å². The lowest BCUT2D eigenvalue weighted by Crippen LogP contribution is -2.32. The summed E-state index contributed by atoms with van der Waals surface area (Å²) in [6.07, 6.45) is -0.908. The van der Waals surface area contributed by atoms with Gasteiger partial charge in [0.1, 0.15) is 11.2 Å². The number of amides is 2. The van der Waals surface area contributed by atoms with Crippen molar-refractivity contribution in [2.75, 3.05) is 0 Å². The number of ether oxygens (including phenoxy) is 2. The number of nitrogens with one attached hydrogen (secondary N) is 2. The van der Waals surface area contributed by atoms with Gasteiger partial charge in [0.15, 0.2) is 5.84 Å². The molecular formula is C26H35N5O5. The van der Waals surface area contributed by atoms with Crippen LogP contribution < -0.4 is 16.4 Å². The molecule has 0 spiro atoms. The highest BCUT2D eigenvalue weighted by atomic mass is 16.6. The smallest absolute Gasteiger partial charge is 0.407 e. The number of hydrogen-bond acceptors (Lipinski definition) is 7. The third kappa shape index (κ3) is 12.8. The second kappa shape index (κ2) is 13.6. The van der Waals surface area contributed by atoms with E-state index in [1.165, 1.54) is 0 Å². The number of nitrogens with two attached hydrogens (primary N) is 1. The van der Waals surface area contributed by atoms with Crippen LogP contribution in [0.4, 0.5) is 9.59 Å². The molecule has 0 fully saturated rings. The molecule has 5 N–H and O–H groups in total. The molecule has 10 heteroatoms. The Morgan fingerprint density at radius 1 is 0.861 bits per heavy atom. The van der Waals surface area contributed by atoms with Gasteiger partial charge in [-0.05, 0) is 64.8 Å². The van der Waals surface area contributed by atoms with Gasteiger partial charge in [-0.3, -0.25) is 0 Å². The average molecular weight is 498 g/mol. The average Bonchev–Trinajstić information content (AvgIpc) is 2.80. The highest BCUT2D eigenvalue weighted by molar-refractivity contribution is 5.96. The Bertz CT molecular complexity index is 1060. The number of carbonyl (C=O) groups is 2. The van der Waals surface area contributed by atoms with Crippen molar-refractivity contribution in [3.8, 4) is 6.07 Å². The molecule has 0 saturated heterocycles. The number of nitriles is 1. The van der Waals surface area contributed by atoms with Crippen molar-refractivity contribution in [3.05, 3.63) is 70.8 Å². The van der Waals surface area contributed by atoms with Gasteiger partial charge in [-0.25, -0.2) is 9.59 Å². The summed E-state index contributed by atoms with van der Waals surface area (Å²) in [6.45, 7) is 11.6. The molecule has 0 aromatic heterocycles. The summed E-state index contributed by atoms with van der Waals surface area (Å²) in [5, 5.41) is 25.4. The Kier molecular flexibility index (Phi) is 11.2. The highest BCUT2D eigenvalue weighted by Gasteiger charge is 2.16. The van der Waals surface area contributed by atoms with Gasteiger partial charge in [-0.15, -0.1) is 0 Å². The summed E-state index contributed by atoms with van der Waals surface area (Å²) in [5.41, 5.74) is 7.47. The van der Waals surface area contributed by atoms with E-state index < -0.39 is 23.4 Å². The van der Waals surface area contributed by atoms with Crippen LogP contribution in [0.15, 0.2) is 53.7 Å². The Morgan fingerprint density at radius 2 is 1.25 bits per heavy atom. The monoisotopic (exact) mass is 497 g/mol. The molecule has 0 saturated carbocycles. The minimum atomic E-state index is -0.514. The molecule has 0 atom stereocenters. The lowest BCUT2D eigenvalue weighted by atomic mass is 10.1. The number of alkyl carbamates (subject to hydrolysis) is 2. The van der Waals surface area contributed by atoms with Crippen LogP contribution in [0.2, 0.25) is 0 Å². The van der Waals surface area contributed by atoms with Gasteiger partial charge in [0.25, 0.3) is 0 Å². The second-order valence-electron chi connectivity index (χ2n) is 9.70. The topological polar surface area (TPSA) is 159 Å². The number of amidine groups is 1. The van der Waals surface area contributed by atoms with E-state index >= 15 is 0 Å². The normalized spacial score (nSPS) is 11.3. The maximum Gasteiger partial charge on any atom is 0.407 e. The maximum absolute atomic E-state index is 11.4. The summed E-state index contributed by atoms with van der Waals surface area (Å²) < 4.78 is 10.2. The van der Waals surface area contributed by atoms with Crippen LogP contribution >= 0.6 is 0 Å². The summed E-state index contributed by atoms with van der Waals surface area (Å²) >= 11 is 0. The van der Waals surface area contributed by atoms with Crippen molar-refractivity contribution in [2.24, 2.45) is 10.9 Å². The van der Waals surface area contributed by atoms with Crippen molar-refractivity contribution < 1.29 is 24.3 Å². The summed E-state index contributed by atoms with van der Waals surface area (Å²) in [5.74, 6) is 0.0478. The Balaban J connectivity index is 0.000000362. The molecule has 0 aliphatic rings.